The zero-order valence-electron chi connectivity index (χ0n) is 12.6. The maximum absolute atomic E-state index is 5.39. The molecule has 2 aromatic rings. The molecule has 20 heavy (non-hydrogen) atoms. The van der Waals surface area contributed by atoms with Crippen LogP contribution < -0.4 is 0 Å². The molecule has 0 aliphatic heterocycles. The first-order valence-corrected chi connectivity index (χ1v) is 7.56. The second-order valence-electron chi connectivity index (χ2n) is 5.95. The second-order valence-corrected chi connectivity index (χ2v) is 6.34. The van der Waals surface area contributed by atoms with E-state index in [0.717, 1.165) is 17.7 Å². The van der Waals surface area contributed by atoms with Gasteiger partial charge in [-0.1, -0.05) is 58.1 Å². The Labute approximate surface area is 126 Å². The molecule has 0 bridgehead atoms. The quantitative estimate of drug-likeness (QED) is 0.789. The molecule has 0 saturated carbocycles. The number of aromatic nitrogens is 2. The van der Waals surface area contributed by atoms with Crippen LogP contribution in [-0.4, -0.2) is 9.97 Å². The number of hydrogen-bond donors (Lipinski definition) is 1. The van der Waals surface area contributed by atoms with Gasteiger partial charge in [0, 0.05) is 5.56 Å². The van der Waals surface area contributed by atoms with Crippen molar-refractivity contribution in [2.24, 2.45) is 5.92 Å². The molecule has 0 aliphatic carbocycles. The minimum Gasteiger partial charge on any atom is -0.346 e. The molecule has 2 nitrogen and oxygen atoms in total. The van der Waals surface area contributed by atoms with Gasteiger partial charge in [0.25, 0.3) is 0 Å². The van der Waals surface area contributed by atoms with E-state index >= 15 is 0 Å². The molecule has 2 rings (SSSR count). The van der Waals surface area contributed by atoms with E-state index in [1.807, 2.05) is 0 Å². The third-order valence-electron chi connectivity index (χ3n) is 3.33. The van der Waals surface area contributed by atoms with Gasteiger partial charge in [-0.25, -0.2) is 4.98 Å². The van der Waals surface area contributed by atoms with E-state index < -0.39 is 0 Å². The zero-order chi connectivity index (χ0) is 14.7. The number of H-pyrrole nitrogens is 1. The first-order chi connectivity index (χ1) is 9.49. The van der Waals surface area contributed by atoms with Crippen LogP contribution in [-0.2, 0) is 6.42 Å². The highest BCUT2D eigenvalue weighted by Gasteiger charge is 2.12. The normalized spacial score (nSPS) is 11.3. The third kappa shape index (κ3) is 3.34. The molecule has 0 unspecified atom stereocenters. The van der Waals surface area contributed by atoms with Crippen molar-refractivity contribution in [2.75, 3.05) is 0 Å². The fourth-order valence-electron chi connectivity index (χ4n) is 2.51. The SMILES string of the molecule is CC(C)Cc1cccc(-c2[nH]cnc(=S)c2C(C)C)c1. The Balaban J connectivity index is 2.52. The van der Waals surface area contributed by atoms with Crippen molar-refractivity contribution in [3.8, 4) is 11.3 Å². The fourth-order valence-corrected chi connectivity index (χ4v) is 2.90. The van der Waals surface area contributed by atoms with Gasteiger partial charge in [-0.15, -0.1) is 0 Å². The predicted octanol–water partition coefficient (Wildman–Crippen LogP) is 5.13. The number of nitrogens with one attached hydrogen (secondary N) is 1. The van der Waals surface area contributed by atoms with Crippen LogP contribution in [0.25, 0.3) is 11.3 Å². The van der Waals surface area contributed by atoms with E-state index in [1.54, 1.807) is 6.33 Å². The van der Waals surface area contributed by atoms with Gasteiger partial charge < -0.3 is 4.98 Å². The number of aromatic amines is 1. The molecule has 0 spiro atoms. The summed E-state index contributed by atoms with van der Waals surface area (Å²) in [7, 11) is 0. The Morgan fingerprint density at radius 1 is 1.20 bits per heavy atom. The molecule has 1 aromatic heterocycles. The third-order valence-corrected chi connectivity index (χ3v) is 3.65. The summed E-state index contributed by atoms with van der Waals surface area (Å²) in [6, 6.07) is 8.70. The topological polar surface area (TPSA) is 28.7 Å². The molecule has 1 N–H and O–H groups in total. The molecule has 0 fully saturated rings. The average Bonchev–Trinajstić information content (AvgIpc) is 2.37. The minimum absolute atomic E-state index is 0.358. The highest BCUT2D eigenvalue weighted by molar-refractivity contribution is 7.71. The molecule has 0 amide bonds. The van der Waals surface area contributed by atoms with Gasteiger partial charge in [0.2, 0.25) is 0 Å². The van der Waals surface area contributed by atoms with E-state index in [-0.39, 0.29) is 0 Å². The van der Waals surface area contributed by atoms with Crippen LogP contribution in [0, 0.1) is 10.6 Å². The van der Waals surface area contributed by atoms with E-state index in [1.165, 1.54) is 11.1 Å². The Hall–Kier alpha value is -1.48. The minimum atomic E-state index is 0.358. The lowest BCUT2D eigenvalue weighted by atomic mass is 9.95. The summed E-state index contributed by atoms with van der Waals surface area (Å²) >= 11 is 5.39. The van der Waals surface area contributed by atoms with E-state index in [4.69, 9.17) is 12.2 Å². The summed E-state index contributed by atoms with van der Waals surface area (Å²) in [5, 5.41) is 0. The maximum atomic E-state index is 5.39. The fraction of sp³-hybridized carbons (Fsp3) is 0.412. The lowest BCUT2D eigenvalue weighted by Crippen LogP contribution is -2.00. The summed E-state index contributed by atoms with van der Waals surface area (Å²) in [5.41, 5.74) is 4.79. The highest BCUT2D eigenvalue weighted by atomic mass is 32.1. The average molecular weight is 286 g/mol. The molecule has 0 atom stereocenters. The lowest BCUT2D eigenvalue weighted by Gasteiger charge is -2.13. The number of nitrogens with zero attached hydrogens (tertiary/aromatic N) is 1. The second kappa shape index (κ2) is 6.31. The highest BCUT2D eigenvalue weighted by Crippen LogP contribution is 2.28. The maximum Gasteiger partial charge on any atom is 0.133 e. The number of benzene rings is 1. The van der Waals surface area contributed by atoms with Crippen molar-refractivity contribution in [3.63, 3.8) is 0 Å². The van der Waals surface area contributed by atoms with Crippen LogP contribution in [0.1, 0.15) is 44.7 Å². The van der Waals surface area contributed by atoms with Gasteiger partial charge in [0.1, 0.15) is 4.64 Å². The molecule has 0 aliphatic rings. The molecular formula is C17H22N2S. The van der Waals surface area contributed by atoms with Crippen LogP contribution >= 0.6 is 12.2 Å². The molecule has 0 radical (unpaired) electrons. The molecule has 0 saturated heterocycles. The van der Waals surface area contributed by atoms with Crippen molar-refractivity contribution in [1.29, 1.82) is 0 Å². The first-order valence-electron chi connectivity index (χ1n) is 7.16. The molecule has 3 heteroatoms. The lowest BCUT2D eigenvalue weighted by molar-refractivity contribution is 0.647. The van der Waals surface area contributed by atoms with Crippen LogP contribution in [0.2, 0.25) is 0 Å². The Bertz CT molecular complexity index is 641. The summed E-state index contributed by atoms with van der Waals surface area (Å²) in [6.45, 7) is 8.79. The van der Waals surface area contributed by atoms with Crippen molar-refractivity contribution in [3.05, 3.63) is 46.4 Å². The smallest absolute Gasteiger partial charge is 0.133 e. The van der Waals surface area contributed by atoms with Crippen LogP contribution in [0.4, 0.5) is 0 Å². The van der Waals surface area contributed by atoms with Gasteiger partial charge in [0.05, 0.1) is 12.0 Å². The van der Waals surface area contributed by atoms with Gasteiger partial charge in [-0.3, -0.25) is 0 Å². The van der Waals surface area contributed by atoms with Crippen molar-refractivity contribution >= 4 is 12.2 Å². The van der Waals surface area contributed by atoms with E-state index in [2.05, 4.69) is 61.9 Å². The van der Waals surface area contributed by atoms with Gasteiger partial charge >= 0.3 is 0 Å². The molecule has 106 valence electrons. The zero-order valence-corrected chi connectivity index (χ0v) is 13.4. The summed E-state index contributed by atoms with van der Waals surface area (Å²) in [6.07, 6.45) is 2.79. The molecular weight excluding hydrogens is 264 g/mol. The van der Waals surface area contributed by atoms with Crippen molar-refractivity contribution < 1.29 is 0 Å². The van der Waals surface area contributed by atoms with Gasteiger partial charge in [0.15, 0.2) is 0 Å². The predicted molar refractivity (Wildman–Crippen MR) is 87.5 cm³/mol. The summed E-state index contributed by atoms with van der Waals surface area (Å²) in [4.78, 5) is 7.49. The van der Waals surface area contributed by atoms with Crippen LogP contribution in [0.5, 0.6) is 0 Å². The largest absolute Gasteiger partial charge is 0.346 e. The standard InChI is InChI=1S/C17H22N2S/c1-11(2)8-13-6-5-7-14(9-13)16-15(12(3)4)17(20)19-10-18-16/h5-7,9-12H,8H2,1-4H3,(H,18,19,20). The summed E-state index contributed by atoms with van der Waals surface area (Å²) in [5.74, 6) is 1.02. The Morgan fingerprint density at radius 2 is 1.95 bits per heavy atom. The van der Waals surface area contributed by atoms with Crippen molar-refractivity contribution in [2.45, 2.75) is 40.0 Å². The Kier molecular flexibility index (Phi) is 4.71. The van der Waals surface area contributed by atoms with Crippen LogP contribution in [0.15, 0.2) is 30.6 Å². The first kappa shape index (κ1) is 14.9. The van der Waals surface area contributed by atoms with Crippen molar-refractivity contribution in [1.82, 2.24) is 9.97 Å². The summed E-state index contributed by atoms with van der Waals surface area (Å²) < 4.78 is 0.697. The van der Waals surface area contributed by atoms with E-state index in [0.29, 0.717) is 16.5 Å². The van der Waals surface area contributed by atoms with Gasteiger partial charge in [-0.2, -0.15) is 0 Å². The number of rotatable bonds is 4. The van der Waals surface area contributed by atoms with E-state index in [9.17, 15) is 0 Å². The monoisotopic (exact) mass is 286 g/mol. The molecule has 1 heterocycles. The number of hydrogen-bond acceptors (Lipinski definition) is 2. The van der Waals surface area contributed by atoms with Crippen LogP contribution in [0.3, 0.4) is 0 Å². The Morgan fingerprint density at radius 3 is 2.60 bits per heavy atom. The van der Waals surface area contributed by atoms with Gasteiger partial charge in [-0.05, 0) is 35.4 Å². The molecule has 1 aromatic carbocycles.